The molecule has 1 aliphatic heterocycles. The lowest BCUT2D eigenvalue weighted by atomic mass is 10.0. The minimum absolute atomic E-state index is 0.0970. The van der Waals surface area contributed by atoms with Crippen LogP contribution < -0.4 is 5.32 Å². The Labute approximate surface area is 100 Å². The molecule has 0 radical (unpaired) electrons. The van der Waals surface area contributed by atoms with E-state index in [1.54, 1.807) is 12.3 Å². The molecule has 90 valence electrons. The van der Waals surface area contributed by atoms with Gasteiger partial charge in [0.25, 0.3) is 0 Å². The molecule has 6 heteroatoms. The lowest BCUT2D eigenvalue weighted by molar-refractivity contribution is 0.573. The summed E-state index contributed by atoms with van der Waals surface area (Å²) < 4.78 is 22.9. The van der Waals surface area contributed by atoms with E-state index in [2.05, 4.69) is 16.4 Å². The van der Waals surface area contributed by atoms with Crippen molar-refractivity contribution in [3.05, 3.63) is 24.0 Å². The summed E-state index contributed by atoms with van der Waals surface area (Å²) >= 11 is 0. The molecule has 1 aromatic heterocycles. The normalized spacial score (nSPS) is 26.4. The van der Waals surface area contributed by atoms with Crippen molar-refractivity contribution < 1.29 is 8.42 Å². The molecule has 17 heavy (non-hydrogen) atoms. The molecule has 1 aromatic rings. The molecule has 0 aliphatic carbocycles. The molecule has 5 nitrogen and oxygen atoms in total. The van der Waals surface area contributed by atoms with E-state index in [0.717, 1.165) is 0 Å². The molecular weight excluding hydrogens is 238 g/mol. The molecule has 2 rings (SSSR count). The van der Waals surface area contributed by atoms with Gasteiger partial charge in [0.2, 0.25) is 0 Å². The summed E-state index contributed by atoms with van der Waals surface area (Å²) in [6, 6.07) is 3.66. The van der Waals surface area contributed by atoms with Crippen molar-refractivity contribution in [1.82, 2.24) is 4.98 Å². The molecule has 0 spiro atoms. The summed E-state index contributed by atoms with van der Waals surface area (Å²) in [5.74, 6) is 0.290. The van der Waals surface area contributed by atoms with Crippen LogP contribution in [0.4, 0.5) is 5.69 Å². The second-order valence-electron chi connectivity index (χ2n) is 4.56. The summed E-state index contributed by atoms with van der Waals surface area (Å²) in [6.07, 6.45) is 3.64. The third kappa shape index (κ3) is 2.56. The Kier molecular flexibility index (Phi) is 2.79. The summed E-state index contributed by atoms with van der Waals surface area (Å²) in [4.78, 5) is 3.94. The zero-order valence-electron chi connectivity index (χ0n) is 9.47. The fraction of sp³-hybridized carbons (Fsp3) is 0.455. The highest BCUT2D eigenvalue weighted by Crippen LogP contribution is 2.28. The maximum Gasteiger partial charge on any atom is 0.152 e. The van der Waals surface area contributed by atoms with Crippen LogP contribution in [0.15, 0.2) is 18.5 Å². The number of nitrogens with one attached hydrogen (secondary N) is 1. The molecule has 1 atom stereocenters. The van der Waals surface area contributed by atoms with Crippen LogP contribution in [0, 0.1) is 11.3 Å². The highest BCUT2D eigenvalue weighted by molar-refractivity contribution is 7.91. The van der Waals surface area contributed by atoms with Crippen molar-refractivity contribution in [1.29, 1.82) is 5.26 Å². The van der Waals surface area contributed by atoms with Crippen LogP contribution in [0.2, 0.25) is 0 Å². The molecule has 2 heterocycles. The minimum Gasteiger partial charge on any atom is -0.377 e. The van der Waals surface area contributed by atoms with E-state index in [1.165, 1.54) is 6.20 Å². The number of pyridine rings is 1. The molecule has 0 saturated carbocycles. The highest BCUT2D eigenvalue weighted by Gasteiger charge is 2.38. The van der Waals surface area contributed by atoms with Crippen molar-refractivity contribution in [2.45, 2.75) is 18.9 Å². The van der Waals surface area contributed by atoms with E-state index in [0.29, 0.717) is 17.7 Å². The quantitative estimate of drug-likeness (QED) is 0.845. The first-order chi connectivity index (χ1) is 7.94. The fourth-order valence-corrected chi connectivity index (χ4v) is 4.12. The number of hydrogen-bond acceptors (Lipinski definition) is 5. The van der Waals surface area contributed by atoms with E-state index in [1.807, 2.05) is 6.92 Å². The largest absolute Gasteiger partial charge is 0.377 e. The van der Waals surface area contributed by atoms with Crippen LogP contribution >= 0.6 is 0 Å². The standard InChI is InChI=1S/C11H13N3O2S/c1-11(3-5-17(15,16)8-11)14-10-7-13-4-2-9(10)6-12/h2,4,7,14H,3,5,8H2,1H3. The third-order valence-corrected chi connectivity index (χ3v) is 4.78. The smallest absolute Gasteiger partial charge is 0.152 e. The first kappa shape index (κ1) is 11.9. The van der Waals surface area contributed by atoms with Crippen LogP contribution in [0.1, 0.15) is 18.9 Å². The predicted molar refractivity (Wildman–Crippen MR) is 64.3 cm³/mol. The lowest BCUT2D eigenvalue weighted by Gasteiger charge is -2.25. The summed E-state index contributed by atoms with van der Waals surface area (Å²) in [7, 11) is -2.96. The van der Waals surface area contributed by atoms with Gasteiger partial charge in [-0.15, -0.1) is 0 Å². The monoisotopic (exact) mass is 251 g/mol. The first-order valence-corrected chi connectivity index (χ1v) is 7.09. The Balaban J connectivity index is 2.25. The number of rotatable bonds is 2. The average Bonchev–Trinajstić information content (AvgIpc) is 2.53. The number of nitriles is 1. The van der Waals surface area contributed by atoms with E-state index in [-0.39, 0.29) is 11.5 Å². The van der Waals surface area contributed by atoms with Crippen LogP contribution in [-0.2, 0) is 9.84 Å². The van der Waals surface area contributed by atoms with E-state index < -0.39 is 15.4 Å². The van der Waals surface area contributed by atoms with Crippen molar-refractivity contribution in [3.63, 3.8) is 0 Å². The Morgan fingerprint density at radius 3 is 2.94 bits per heavy atom. The van der Waals surface area contributed by atoms with Gasteiger partial charge in [-0.05, 0) is 19.4 Å². The van der Waals surface area contributed by atoms with Gasteiger partial charge in [-0.25, -0.2) is 8.42 Å². The molecule has 1 N–H and O–H groups in total. The molecule has 1 fully saturated rings. The van der Waals surface area contributed by atoms with Gasteiger partial charge in [0, 0.05) is 11.7 Å². The number of nitrogens with zero attached hydrogens (tertiary/aromatic N) is 2. The second-order valence-corrected chi connectivity index (χ2v) is 6.74. The topological polar surface area (TPSA) is 82.8 Å². The van der Waals surface area contributed by atoms with Crippen LogP contribution in [0.3, 0.4) is 0 Å². The SMILES string of the molecule is CC1(Nc2cnccc2C#N)CCS(=O)(=O)C1. The van der Waals surface area contributed by atoms with Gasteiger partial charge in [0.05, 0.1) is 29.0 Å². The molecule has 0 amide bonds. The number of sulfone groups is 1. The second kappa shape index (κ2) is 4.00. The lowest BCUT2D eigenvalue weighted by Crippen LogP contribution is -2.36. The molecular formula is C11H13N3O2S. The van der Waals surface area contributed by atoms with Gasteiger partial charge >= 0.3 is 0 Å². The van der Waals surface area contributed by atoms with Gasteiger partial charge in [0.1, 0.15) is 6.07 Å². The van der Waals surface area contributed by atoms with Gasteiger partial charge in [-0.2, -0.15) is 5.26 Å². The molecule has 0 bridgehead atoms. The van der Waals surface area contributed by atoms with Gasteiger partial charge in [-0.3, -0.25) is 4.98 Å². The van der Waals surface area contributed by atoms with Crippen LogP contribution in [-0.4, -0.2) is 30.4 Å². The van der Waals surface area contributed by atoms with Crippen LogP contribution in [0.25, 0.3) is 0 Å². The summed E-state index contributed by atoms with van der Waals surface area (Å²) in [6.45, 7) is 1.85. The number of hydrogen-bond donors (Lipinski definition) is 1. The van der Waals surface area contributed by atoms with Crippen molar-refractivity contribution in [3.8, 4) is 6.07 Å². The van der Waals surface area contributed by atoms with Gasteiger partial charge < -0.3 is 5.32 Å². The molecule has 1 saturated heterocycles. The Morgan fingerprint density at radius 1 is 1.59 bits per heavy atom. The predicted octanol–water partition coefficient (Wildman–Crippen LogP) is 0.942. The molecule has 1 unspecified atom stereocenters. The highest BCUT2D eigenvalue weighted by atomic mass is 32.2. The van der Waals surface area contributed by atoms with Crippen molar-refractivity contribution >= 4 is 15.5 Å². The van der Waals surface area contributed by atoms with Gasteiger partial charge in [-0.1, -0.05) is 0 Å². The molecule has 0 aromatic carbocycles. The summed E-state index contributed by atoms with van der Waals surface area (Å²) in [5.41, 5.74) is 0.563. The Hall–Kier alpha value is -1.61. The number of aromatic nitrogens is 1. The van der Waals surface area contributed by atoms with E-state index in [4.69, 9.17) is 5.26 Å². The van der Waals surface area contributed by atoms with E-state index >= 15 is 0 Å². The number of anilines is 1. The maximum absolute atomic E-state index is 11.5. The van der Waals surface area contributed by atoms with Crippen molar-refractivity contribution in [2.75, 3.05) is 16.8 Å². The van der Waals surface area contributed by atoms with Crippen LogP contribution in [0.5, 0.6) is 0 Å². The zero-order valence-corrected chi connectivity index (χ0v) is 10.3. The Morgan fingerprint density at radius 2 is 2.35 bits per heavy atom. The maximum atomic E-state index is 11.5. The molecule has 1 aliphatic rings. The van der Waals surface area contributed by atoms with E-state index in [9.17, 15) is 8.42 Å². The first-order valence-electron chi connectivity index (χ1n) is 5.27. The zero-order chi connectivity index (χ0) is 12.5. The van der Waals surface area contributed by atoms with Gasteiger partial charge in [0.15, 0.2) is 9.84 Å². The Bertz CT molecular complexity index is 577. The van der Waals surface area contributed by atoms with Crippen molar-refractivity contribution in [2.24, 2.45) is 0 Å². The third-order valence-electron chi connectivity index (χ3n) is 2.88. The fourth-order valence-electron chi connectivity index (χ4n) is 2.03. The average molecular weight is 251 g/mol. The minimum atomic E-state index is -2.96. The summed E-state index contributed by atoms with van der Waals surface area (Å²) in [5, 5.41) is 12.1.